The van der Waals surface area contributed by atoms with Crippen molar-refractivity contribution in [1.29, 1.82) is 0 Å². The first kappa shape index (κ1) is 17.8. The van der Waals surface area contributed by atoms with Gasteiger partial charge in [0.25, 0.3) is 5.91 Å². The summed E-state index contributed by atoms with van der Waals surface area (Å²) in [5, 5.41) is 11.4. The summed E-state index contributed by atoms with van der Waals surface area (Å²) in [7, 11) is 0. The van der Waals surface area contributed by atoms with Crippen LogP contribution in [0, 0.1) is 5.41 Å². The molecule has 5 nitrogen and oxygen atoms in total. The van der Waals surface area contributed by atoms with Gasteiger partial charge in [0.2, 0.25) is 0 Å². The Hall–Kier alpha value is -2.25. The fourth-order valence-corrected chi connectivity index (χ4v) is 1.35. The molecule has 0 unspecified atom stereocenters. The molecule has 0 heterocycles. The maximum absolute atomic E-state index is 12.0. The van der Waals surface area contributed by atoms with Crippen molar-refractivity contribution in [2.24, 2.45) is 5.41 Å². The van der Waals surface area contributed by atoms with E-state index in [2.05, 4.69) is 10.1 Å². The number of benzene rings is 1. The molecule has 0 bridgehead atoms. The molecule has 0 aliphatic carbocycles. The summed E-state index contributed by atoms with van der Waals surface area (Å²) in [6, 6.07) is 5.08. The van der Waals surface area contributed by atoms with Crippen LogP contribution in [0.4, 0.5) is 13.2 Å². The maximum Gasteiger partial charge on any atom is 0.422 e. The summed E-state index contributed by atoms with van der Waals surface area (Å²) in [4.78, 5) is 22.7. The number of hydrogen-bond donors (Lipinski definition) is 2. The van der Waals surface area contributed by atoms with Crippen LogP contribution in [0.15, 0.2) is 24.3 Å². The zero-order valence-electron chi connectivity index (χ0n) is 12.0. The van der Waals surface area contributed by atoms with E-state index in [0.717, 1.165) is 0 Å². The highest BCUT2D eigenvalue weighted by atomic mass is 19.4. The smallest absolute Gasteiger partial charge is 0.422 e. The highest BCUT2D eigenvalue weighted by Crippen LogP contribution is 2.19. The number of amides is 1. The fraction of sp³-hybridized carbons (Fsp3) is 0.429. The molecule has 0 aromatic heterocycles. The summed E-state index contributed by atoms with van der Waals surface area (Å²) in [5.74, 6) is -1.58. The van der Waals surface area contributed by atoms with Gasteiger partial charge in [0.05, 0.1) is 5.41 Å². The third kappa shape index (κ3) is 5.63. The van der Waals surface area contributed by atoms with E-state index in [1.54, 1.807) is 0 Å². The normalized spacial score (nSPS) is 11.9. The second-order valence-corrected chi connectivity index (χ2v) is 5.30. The van der Waals surface area contributed by atoms with Crippen LogP contribution in [-0.2, 0) is 4.79 Å². The van der Waals surface area contributed by atoms with E-state index in [0.29, 0.717) is 0 Å². The van der Waals surface area contributed by atoms with Crippen LogP contribution >= 0.6 is 0 Å². The number of aliphatic carboxylic acids is 1. The molecular weight excluding hydrogens is 303 g/mol. The average molecular weight is 319 g/mol. The third-order valence-electron chi connectivity index (χ3n) is 2.79. The monoisotopic (exact) mass is 319 g/mol. The highest BCUT2D eigenvalue weighted by molar-refractivity contribution is 5.94. The molecule has 1 amide bonds. The molecule has 2 N–H and O–H groups in total. The van der Waals surface area contributed by atoms with E-state index in [9.17, 15) is 22.8 Å². The topological polar surface area (TPSA) is 75.6 Å². The van der Waals surface area contributed by atoms with Crippen molar-refractivity contribution < 1.29 is 32.6 Å². The number of halogens is 3. The number of carboxylic acids is 1. The molecule has 1 rings (SSSR count). The second kappa shape index (κ2) is 6.67. The van der Waals surface area contributed by atoms with Crippen molar-refractivity contribution in [3.63, 3.8) is 0 Å². The molecule has 0 aliphatic heterocycles. The van der Waals surface area contributed by atoms with E-state index in [1.165, 1.54) is 38.1 Å². The Labute approximate surface area is 125 Å². The van der Waals surface area contributed by atoms with Crippen LogP contribution < -0.4 is 10.1 Å². The van der Waals surface area contributed by atoms with Gasteiger partial charge >= 0.3 is 12.1 Å². The van der Waals surface area contributed by atoms with Crippen molar-refractivity contribution in [3.8, 4) is 5.75 Å². The van der Waals surface area contributed by atoms with Gasteiger partial charge in [-0.1, -0.05) is 0 Å². The Bertz CT molecular complexity index is 538. The predicted octanol–water partition coefficient (Wildman–Crippen LogP) is 2.47. The third-order valence-corrected chi connectivity index (χ3v) is 2.79. The van der Waals surface area contributed by atoms with Gasteiger partial charge < -0.3 is 15.2 Å². The fourth-order valence-electron chi connectivity index (χ4n) is 1.35. The van der Waals surface area contributed by atoms with Crippen LogP contribution in [0.2, 0.25) is 0 Å². The minimum atomic E-state index is -4.43. The number of carboxylic acid groups (broad SMARTS) is 1. The molecule has 1 aromatic carbocycles. The lowest BCUT2D eigenvalue weighted by molar-refractivity contribution is -0.153. The van der Waals surface area contributed by atoms with E-state index in [1.807, 2.05) is 0 Å². The highest BCUT2D eigenvalue weighted by Gasteiger charge is 2.29. The SMILES string of the molecule is CC(C)(CNC(=O)c1ccc(OCC(F)(F)F)cc1)C(=O)O. The van der Waals surface area contributed by atoms with E-state index < -0.39 is 30.1 Å². The number of hydrogen-bond acceptors (Lipinski definition) is 3. The van der Waals surface area contributed by atoms with E-state index in [4.69, 9.17) is 5.11 Å². The summed E-state index contributed by atoms with van der Waals surface area (Å²) < 4.78 is 40.5. The lowest BCUT2D eigenvalue weighted by atomic mass is 9.94. The summed E-state index contributed by atoms with van der Waals surface area (Å²) in [5.41, 5.74) is -0.925. The summed E-state index contributed by atoms with van der Waals surface area (Å²) >= 11 is 0. The molecule has 0 spiro atoms. The van der Waals surface area contributed by atoms with Gasteiger partial charge in [-0.25, -0.2) is 0 Å². The van der Waals surface area contributed by atoms with Crippen LogP contribution in [0.5, 0.6) is 5.75 Å². The summed E-state index contributed by atoms with van der Waals surface area (Å²) in [6.07, 6.45) is -4.43. The van der Waals surface area contributed by atoms with Gasteiger partial charge in [-0.15, -0.1) is 0 Å². The van der Waals surface area contributed by atoms with Crippen LogP contribution in [0.1, 0.15) is 24.2 Å². The van der Waals surface area contributed by atoms with Crippen molar-refractivity contribution >= 4 is 11.9 Å². The van der Waals surface area contributed by atoms with E-state index in [-0.39, 0.29) is 17.9 Å². The molecule has 122 valence electrons. The molecular formula is C14H16F3NO4. The van der Waals surface area contributed by atoms with Gasteiger partial charge in [0, 0.05) is 12.1 Å². The molecule has 0 saturated carbocycles. The largest absolute Gasteiger partial charge is 0.484 e. The number of rotatable bonds is 6. The Kier molecular flexibility index (Phi) is 5.40. The number of carbonyl (C=O) groups is 2. The van der Waals surface area contributed by atoms with Crippen LogP contribution in [-0.4, -0.2) is 36.3 Å². The van der Waals surface area contributed by atoms with Gasteiger partial charge in [-0.2, -0.15) is 13.2 Å². The number of ether oxygens (including phenoxy) is 1. The van der Waals surface area contributed by atoms with E-state index >= 15 is 0 Å². The number of carbonyl (C=O) groups excluding carboxylic acids is 1. The molecule has 0 atom stereocenters. The first-order valence-electron chi connectivity index (χ1n) is 6.32. The molecule has 8 heteroatoms. The van der Waals surface area contributed by atoms with Crippen LogP contribution in [0.25, 0.3) is 0 Å². The Morgan fingerprint density at radius 1 is 1.18 bits per heavy atom. The lowest BCUT2D eigenvalue weighted by Gasteiger charge is -2.19. The van der Waals surface area contributed by atoms with Crippen molar-refractivity contribution in [2.45, 2.75) is 20.0 Å². The Morgan fingerprint density at radius 3 is 2.18 bits per heavy atom. The van der Waals surface area contributed by atoms with Gasteiger partial charge in [-0.05, 0) is 38.1 Å². The zero-order valence-corrected chi connectivity index (χ0v) is 12.0. The molecule has 0 saturated heterocycles. The van der Waals surface area contributed by atoms with Crippen molar-refractivity contribution in [2.75, 3.05) is 13.2 Å². The van der Waals surface area contributed by atoms with Crippen molar-refractivity contribution in [3.05, 3.63) is 29.8 Å². The van der Waals surface area contributed by atoms with Gasteiger partial charge in [0.15, 0.2) is 6.61 Å². The number of nitrogens with one attached hydrogen (secondary N) is 1. The Morgan fingerprint density at radius 2 is 1.73 bits per heavy atom. The molecule has 1 aromatic rings. The molecule has 22 heavy (non-hydrogen) atoms. The molecule has 0 aliphatic rings. The second-order valence-electron chi connectivity index (χ2n) is 5.30. The van der Waals surface area contributed by atoms with Crippen LogP contribution in [0.3, 0.4) is 0 Å². The van der Waals surface area contributed by atoms with Gasteiger partial charge in [0.1, 0.15) is 5.75 Å². The molecule has 0 radical (unpaired) electrons. The lowest BCUT2D eigenvalue weighted by Crippen LogP contribution is -2.38. The Balaban J connectivity index is 2.59. The zero-order chi connectivity index (χ0) is 17.0. The first-order chi connectivity index (χ1) is 10.0. The number of alkyl halides is 3. The molecule has 0 fully saturated rings. The average Bonchev–Trinajstić information content (AvgIpc) is 2.42. The first-order valence-corrected chi connectivity index (χ1v) is 6.32. The summed E-state index contributed by atoms with van der Waals surface area (Å²) in [6.45, 7) is 1.44. The minimum Gasteiger partial charge on any atom is -0.484 e. The quantitative estimate of drug-likeness (QED) is 0.844. The van der Waals surface area contributed by atoms with Crippen molar-refractivity contribution in [1.82, 2.24) is 5.32 Å². The van der Waals surface area contributed by atoms with Gasteiger partial charge in [-0.3, -0.25) is 9.59 Å². The minimum absolute atomic E-state index is 0.0141. The standard InChI is InChI=1S/C14H16F3NO4/c1-13(2,12(20)21)7-18-11(19)9-3-5-10(6-4-9)22-8-14(15,16)17/h3-6H,7-8H2,1-2H3,(H,18,19)(H,20,21). The predicted molar refractivity (Wildman–Crippen MR) is 71.7 cm³/mol. The maximum atomic E-state index is 12.0.